The Kier molecular flexibility index (Phi) is 7.53. The van der Waals surface area contributed by atoms with Crippen molar-refractivity contribution < 1.29 is 9.59 Å². The number of fused-ring (bicyclic) bond motifs is 1. The van der Waals surface area contributed by atoms with Gasteiger partial charge in [0.25, 0.3) is 5.91 Å². The number of H-pyrrole nitrogens is 1. The number of nitrogens with one attached hydrogen (secondary N) is 4. The SMILES string of the molecule is CC(C)CCNC(=O)NC(NC(=O)c1cnc(N2CCN(C)CC2)s1)c1nc2ncncc2[nH]1. The van der Waals surface area contributed by atoms with Crippen molar-refractivity contribution in [1.29, 1.82) is 0 Å². The summed E-state index contributed by atoms with van der Waals surface area (Å²) in [7, 11) is 2.09. The second-order valence-electron chi connectivity index (χ2n) is 8.67. The lowest BCUT2D eigenvalue weighted by atomic mass is 10.1. The van der Waals surface area contributed by atoms with Gasteiger partial charge in [-0.2, -0.15) is 0 Å². The van der Waals surface area contributed by atoms with Crippen LogP contribution in [-0.2, 0) is 0 Å². The minimum Gasteiger partial charge on any atom is -0.346 e. The zero-order valence-electron chi connectivity index (χ0n) is 19.5. The maximum atomic E-state index is 13.1. The smallest absolute Gasteiger partial charge is 0.316 e. The van der Waals surface area contributed by atoms with Crippen LogP contribution in [0.2, 0.25) is 0 Å². The predicted octanol–water partition coefficient (Wildman–Crippen LogP) is 1.34. The Bertz CT molecular complexity index is 1090. The number of aromatic amines is 1. The van der Waals surface area contributed by atoms with Crippen molar-refractivity contribution in [3.63, 3.8) is 0 Å². The van der Waals surface area contributed by atoms with Crippen LogP contribution in [0.1, 0.15) is 41.9 Å². The summed E-state index contributed by atoms with van der Waals surface area (Å²) < 4.78 is 0. The van der Waals surface area contributed by atoms with Crippen molar-refractivity contribution >= 4 is 39.6 Å². The maximum absolute atomic E-state index is 13.1. The van der Waals surface area contributed by atoms with Gasteiger partial charge in [-0.1, -0.05) is 25.2 Å². The zero-order valence-corrected chi connectivity index (χ0v) is 20.4. The highest BCUT2D eigenvalue weighted by Gasteiger charge is 2.24. The first-order valence-corrected chi connectivity index (χ1v) is 12.1. The fourth-order valence-corrected chi connectivity index (χ4v) is 4.33. The number of carbonyl (C=O) groups is 2. The first-order chi connectivity index (χ1) is 16.4. The molecule has 1 aliphatic heterocycles. The van der Waals surface area contributed by atoms with Gasteiger partial charge in [0.2, 0.25) is 0 Å². The summed E-state index contributed by atoms with van der Waals surface area (Å²) in [6, 6.07) is -0.403. The fraction of sp³-hybridized carbons (Fsp3) is 0.524. The largest absolute Gasteiger partial charge is 0.346 e. The molecule has 4 N–H and O–H groups in total. The number of hydrogen-bond acceptors (Lipinski definition) is 9. The predicted molar refractivity (Wildman–Crippen MR) is 130 cm³/mol. The van der Waals surface area contributed by atoms with E-state index in [0.29, 0.717) is 34.3 Å². The summed E-state index contributed by atoms with van der Waals surface area (Å²) in [5.41, 5.74) is 1.05. The van der Waals surface area contributed by atoms with Gasteiger partial charge in [0.15, 0.2) is 22.8 Å². The summed E-state index contributed by atoms with van der Waals surface area (Å²) in [6.45, 7) is 8.34. The minimum atomic E-state index is -0.894. The first kappa shape index (κ1) is 23.8. The molecule has 3 aromatic rings. The maximum Gasteiger partial charge on any atom is 0.316 e. The van der Waals surface area contributed by atoms with Gasteiger partial charge in [-0.05, 0) is 19.4 Å². The molecule has 1 fully saturated rings. The van der Waals surface area contributed by atoms with Gasteiger partial charge in [-0.25, -0.2) is 24.7 Å². The third kappa shape index (κ3) is 5.97. The van der Waals surface area contributed by atoms with E-state index >= 15 is 0 Å². The molecule has 4 rings (SSSR count). The molecule has 0 saturated carbocycles. The first-order valence-electron chi connectivity index (χ1n) is 11.3. The number of amides is 3. The van der Waals surface area contributed by atoms with E-state index in [1.807, 2.05) is 0 Å². The normalized spacial score (nSPS) is 15.5. The van der Waals surface area contributed by atoms with Crippen LogP contribution in [0.3, 0.4) is 0 Å². The topological polar surface area (TPSA) is 144 Å². The van der Waals surface area contributed by atoms with E-state index in [1.165, 1.54) is 17.7 Å². The van der Waals surface area contributed by atoms with E-state index in [1.54, 1.807) is 12.4 Å². The molecule has 0 aromatic carbocycles. The van der Waals surface area contributed by atoms with Crippen LogP contribution in [0.15, 0.2) is 18.7 Å². The summed E-state index contributed by atoms with van der Waals surface area (Å²) in [5.74, 6) is 0.467. The highest BCUT2D eigenvalue weighted by molar-refractivity contribution is 7.17. The molecule has 1 atom stereocenters. The molecule has 0 radical (unpaired) electrons. The highest BCUT2D eigenvalue weighted by atomic mass is 32.1. The fourth-order valence-electron chi connectivity index (χ4n) is 3.46. The monoisotopic (exact) mass is 486 g/mol. The van der Waals surface area contributed by atoms with Crippen LogP contribution >= 0.6 is 11.3 Å². The van der Waals surface area contributed by atoms with E-state index < -0.39 is 12.2 Å². The molecule has 0 bridgehead atoms. The molecule has 1 unspecified atom stereocenters. The number of carbonyl (C=O) groups excluding carboxylic acids is 2. The molecule has 0 aliphatic carbocycles. The summed E-state index contributed by atoms with van der Waals surface area (Å²) in [5, 5.41) is 9.28. The number of anilines is 1. The number of hydrogen-bond donors (Lipinski definition) is 4. The number of likely N-dealkylation sites (N-methyl/N-ethyl adjacent to an activating group) is 1. The number of nitrogens with zero attached hydrogens (tertiary/aromatic N) is 6. The van der Waals surface area contributed by atoms with E-state index in [9.17, 15) is 9.59 Å². The van der Waals surface area contributed by atoms with E-state index in [-0.39, 0.29) is 5.91 Å². The Morgan fingerprint density at radius 3 is 2.68 bits per heavy atom. The molecular formula is C21H30N10O2S. The summed E-state index contributed by atoms with van der Waals surface area (Å²) in [6.07, 6.45) is 4.50. The van der Waals surface area contributed by atoms with Gasteiger partial charge in [-0.3, -0.25) is 4.79 Å². The van der Waals surface area contributed by atoms with E-state index in [4.69, 9.17) is 0 Å². The third-order valence-electron chi connectivity index (χ3n) is 5.50. The zero-order chi connectivity index (χ0) is 24.1. The van der Waals surface area contributed by atoms with Crippen molar-refractivity contribution in [2.75, 3.05) is 44.7 Å². The molecule has 34 heavy (non-hydrogen) atoms. The lowest BCUT2D eigenvalue weighted by Crippen LogP contribution is -2.46. The molecule has 12 nitrogen and oxygen atoms in total. The van der Waals surface area contributed by atoms with Gasteiger partial charge < -0.3 is 30.7 Å². The Morgan fingerprint density at radius 1 is 1.15 bits per heavy atom. The molecule has 4 heterocycles. The summed E-state index contributed by atoms with van der Waals surface area (Å²) >= 11 is 1.33. The van der Waals surface area contributed by atoms with Crippen LogP contribution < -0.4 is 20.9 Å². The molecule has 3 amide bonds. The molecule has 13 heteroatoms. The molecule has 1 aliphatic rings. The van der Waals surface area contributed by atoms with Crippen molar-refractivity contribution in [3.05, 3.63) is 29.4 Å². The van der Waals surface area contributed by atoms with Crippen LogP contribution in [0, 0.1) is 5.92 Å². The number of rotatable bonds is 8. The molecule has 1 saturated heterocycles. The number of urea groups is 1. The highest BCUT2D eigenvalue weighted by Crippen LogP contribution is 2.24. The minimum absolute atomic E-state index is 0.350. The van der Waals surface area contributed by atoms with Crippen molar-refractivity contribution in [2.45, 2.75) is 26.4 Å². The van der Waals surface area contributed by atoms with Crippen LogP contribution in [0.25, 0.3) is 11.2 Å². The van der Waals surface area contributed by atoms with Gasteiger partial charge in [0.05, 0.1) is 12.4 Å². The Balaban J connectivity index is 1.47. The second kappa shape index (κ2) is 10.7. The van der Waals surface area contributed by atoms with Crippen LogP contribution in [-0.4, -0.2) is 81.5 Å². The lowest BCUT2D eigenvalue weighted by molar-refractivity contribution is 0.0933. The molecular weight excluding hydrogens is 456 g/mol. The van der Waals surface area contributed by atoms with Gasteiger partial charge in [0.1, 0.15) is 16.7 Å². The quantitative estimate of drug-likeness (QED) is 0.349. The average Bonchev–Trinajstić information content (AvgIpc) is 3.46. The van der Waals surface area contributed by atoms with Gasteiger partial charge in [-0.15, -0.1) is 0 Å². The average molecular weight is 487 g/mol. The van der Waals surface area contributed by atoms with E-state index in [2.05, 4.69) is 71.6 Å². The molecule has 3 aromatic heterocycles. The Labute approximate surface area is 201 Å². The number of aromatic nitrogens is 5. The number of piperazine rings is 1. The third-order valence-corrected chi connectivity index (χ3v) is 6.56. The van der Waals surface area contributed by atoms with Crippen LogP contribution in [0.5, 0.6) is 0 Å². The van der Waals surface area contributed by atoms with Gasteiger partial charge in [0, 0.05) is 32.7 Å². The number of thiazole rings is 1. The van der Waals surface area contributed by atoms with E-state index in [0.717, 1.165) is 37.7 Å². The second-order valence-corrected chi connectivity index (χ2v) is 9.68. The Morgan fingerprint density at radius 2 is 1.94 bits per heavy atom. The molecule has 0 spiro atoms. The standard InChI is InChI=1S/C21H30N10O2S/c1-13(2)4-5-23-20(33)29-18(17-26-14-10-22-12-25-16(14)27-17)28-19(32)15-11-24-21(34-15)31-8-6-30(3)7-9-31/h10-13,18H,4-9H2,1-3H3,(H,28,32)(H2,23,29,33)(H,22,25,26,27). The van der Waals surface area contributed by atoms with Crippen LogP contribution in [0.4, 0.5) is 9.93 Å². The van der Waals surface area contributed by atoms with Gasteiger partial charge >= 0.3 is 6.03 Å². The number of imidazole rings is 1. The molecule has 182 valence electrons. The Hall–Kier alpha value is -3.32. The van der Waals surface area contributed by atoms with Crippen molar-refractivity contribution in [3.8, 4) is 0 Å². The lowest BCUT2D eigenvalue weighted by Gasteiger charge is -2.32. The summed E-state index contributed by atoms with van der Waals surface area (Å²) in [4.78, 5) is 50.5. The van der Waals surface area contributed by atoms with Crippen molar-refractivity contribution in [1.82, 2.24) is 45.8 Å². The van der Waals surface area contributed by atoms with Crippen molar-refractivity contribution in [2.24, 2.45) is 5.92 Å².